The quantitative estimate of drug-likeness (QED) is 0.574. The molecular weight excluding hydrogens is 372 g/mol. The van der Waals surface area contributed by atoms with Gasteiger partial charge in [-0.05, 0) is 97.4 Å². The van der Waals surface area contributed by atoms with Crippen molar-refractivity contribution in [2.24, 2.45) is 17.3 Å². The third-order valence-electron chi connectivity index (χ3n) is 8.42. The van der Waals surface area contributed by atoms with Gasteiger partial charge in [-0.1, -0.05) is 37.3 Å². The van der Waals surface area contributed by atoms with Crippen LogP contribution < -0.4 is 4.74 Å². The lowest BCUT2D eigenvalue weighted by atomic mass is 9.49. The molecule has 0 aliphatic heterocycles. The monoisotopic (exact) mass is 404 g/mol. The summed E-state index contributed by atoms with van der Waals surface area (Å²) in [7, 11) is 1.79. The fourth-order valence-corrected chi connectivity index (χ4v) is 6.85. The summed E-state index contributed by atoms with van der Waals surface area (Å²) >= 11 is 0. The van der Waals surface area contributed by atoms with E-state index in [2.05, 4.69) is 25.1 Å². The standard InChI is InChI=1S/C27H32O3/c1-27-16-15-20(30-26(28)18-7-4-3-5-8-18)17-19(27)11-12-22-21-9-6-10-25(29-2)23(21)13-14-24(22)27/h3-10,19-20,22,24H,11-17H2,1-2H3/t19?,20-,22?,24?,27?/m1/s1. The molecule has 0 heterocycles. The van der Waals surface area contributed by atoms with Crippen molar-refractivity contribution in [1.29, 1.82) is 0 Å². The van der Waals surface area contributed by atoms with Gasteiger partial charge in [-0.3, -0.25) is 0 Å². The molecule has 5 rings (SSSR count). The van der Waals surface area contributed by atoms with Gasteiger partial charge >= 0.3 is 5.97 Å². The third-order valence-corrected chi connectivity index (χ3v) is 8.42. The topological polar surface area (TPSA) is 35.5 Å². The first kappa shape index (κ1) is 19.7. The fraction of sp³-hybridized carbons (Fsp3) is 0.519. The predicted octanol–water partition coefficient (Wildman–Crippen LogP) is 6.17. The maximum atomic E-state index is 12.5. The molecule has 3 nitrogen and oxygen atoms in total. The molecule has 5 atom stereocenters. The van der Waals surface area contributed by atoms with Crippen molar-refractivity contribution in [3.05, 3.63) is 65.2 Å². The van der Waals surface area contributed by atoms with Crippen LogP contribution in [0.1, 0.15) is 72.9 Å². The molecule has 30 heavy (non-hydrogen) atoms. The highest BCUT2D eigenvalue weighted by Gasteiger charge is 2.52. The van der Waals surface area contributed by atoms with Crippen LogP contribution in [0.5, 0.6) is 5.75 Å². The van der Waals surface area contributed by atoms with Gasteiger partial charge in [0.2, 0.25) is 0 Å². The van der Waals surface area contributed by atoms with Gasteiger partial charge in [0.25, 0.3) is 0 Å². The summed E-state index contributed by atoms with van der Waals surface area (Å²) in [5, 5.41) is 0. The van der Waals surface area contributed by atoms with Crippen molar-refractivity contribution in [3.8, 4) is 5.75 Å². The first-order chi connectivity index (χ1) is 14.6. The second-order valence-corrected chi connectivity index (χ2v) is 9.73. The third kappa shape index (κ3) is 3.23. The average molecular weight is 405 g/mol. The largest absolute Gasteiger partial charge is 0.496 e. The molecule has 158 valence electrons. The molecule has 0 bridgehead atoms. The van der Waals surface area contributed by atoms with Crippen molar-refractivity contribution in [1.82, 2.24) is 0 Å². The Morgan fingerprint density at radius 3 is 2.63 bits per heavy atom. The highest BCUT2D eigenvalue weighted by molar-refractivity contribution is 5.89. The van der Waals surface area contributed by atoms with E-state index >= 15 is 0 Å². The summed E-state index contributed by atoms with van der Waals surface area (Å²) in [6.45, 7) is 2.52. The maximum absolute atomic E-state index is 12.5. The second-order valence-electron chi connectivity index (χ2n) is 9.73. The zero-order valence-corrected chi connectivity index (χ0v) is 18.1. The molecule has 0 radical (unpaired) electrons. The van der Waals surface area contributed by atoms with Crippen LogP contribution in [-0.4, -0.2) is 19.2 Å². The Bertz CT molecular complexity index is 921. The van der Waals surface area contributed by atoms with Gasteiger partial charge in [0, 0.05) is 0 Å². The Balaban J connectivity index is 1.32. The molecule has 3 aliphatic rings. The molecule has 4 unspecified atom stereocenters. The molecule has 2 saturated carbocycles. The van der Waals surface area contributed by atoms with E-state index in [0.29, 0.717) is 22.8 Å². The average Bonchev–Trinajstić information content (AvgIpc) is 2.79. The van der Waals surface area contributed by atoms with Crippen LogP contribution in [0.4, 0.5) is 0 Å². The summed E-state index contributed by atoms with van der Waals surface area (Å²) in [6.07, 6.45) is 8.06. The van der Waals surface area contributed by atoms with E-state index in [4.69, 9.17) is 9.47 Å². The zero-order valence-electron chi connectivity index (χ0n) is 18.1. The lowest BCUT2D eigenvalue weighted by Gasteiger charge is -2.56. The Labute approximate surface area is 179 Å². The van der Waals surface area contributed by atoms with E-state index in [0.717, 1.165) is 37.4 Å². The minimum atomic E-state index is -0.170. The summed E-state index contributed by atoms with van der Waals surface area (Å²) in [6, 6.07) is 16.0. The van der Waals surface area contributed by atoms with E-state index in [9.17, 15) is 4.79 Å². The number of carbonyl (C=O) groups is 1. The molecule has 3 aliphatic carbocycles. The fourth-order valence-electron chi connectivity index (χ4n) is 6.85. The lowest BCUT2D eigenvalue weighted by Crippen LogP contribution is -2.49. The van der Waals surface area contributed by atoms with Gasteiger partial charge in [-0.2, -0.15) is 0 Å². The zero-order chi connectivity index (χ0) is 20.7. The first-order valence-electron chi connectivity index (χ1n) is 11.5. The summed E-state index contributed by atoms with van der Waals surface area (Å²) < 4.78 is 11.6. The van der Waals surface area contributed by atoms with Gasteiger partial charge < -0.3 is 9.47 Å². The van der Waals surface area contributed by atoms with E-state index in [1.807, 2.05) is 30.3 Å². The minimum absolute atomic E-state index is 0.0586. The van der Waals surface area contributed by atoms with Crippen LogP contribution >= 0.6 is 0 Å². The Kier molecular flexibility index (Phi) is 5.08. The van der Waals surface area contributed by atoms with Crippen LogP contribution in [0.3, 0.4) is 0 Å². The normalized spacial score (nSPS) is 32.3. The van der Waals surface area contributed by atoms with Crippen molar-refractivity contribution in [2.75, 3.05) is 7.11 Å². The molecule has 0 saturated heterocycles. The highest BCUT2D eigenvalue weighted by atomic mass is 16.5. The Morgan fingerprint density at radius 1 is 1.00 bits per heavy atom. The first-order valence-corrected chi connectivity index (χ1v) is 11.5. The number of methoxy groups -OCH3 is 1. The van der Waals surface area contributed by atoms with Crippen molar-refractivity contribution >= 4 is 5.97 Å². The van der Waals surface area contributed by atoms with E-state index in [1.165, 1.54) is 30.4 Å². The molecular formula is C27H32O3. The smallest absolute Gasteiger partial charge is 0.338 e. The van der Waals surface area contributed by atoms with Crippen LogP contribution in [0.15, 0.2) is 48.5 Å². The molecule has 0 N–H and O–H groups in total. The highest BCUT2D eigenvalue weighted by Crippen LogP contribution is 2.61. The van der Waals surface area contributed by atoms with Gasteiger partial charge in [-0.25, -0.2) is 4.79 Å². The number of benzene rings is 2. The van der Waals surface area contributed by atoms with Crippen molar-refractivity contribution in [2.45, 2.75) is 63.9 Å². The van der Waals surface area contributed by atoms with Crippen LogP contribution in [0.2, 0.25) is 0 Å². The molecule has 0 spiro atoms. The molecule has 2 fully saturated rings. The number of hydrogen-bond donors (Lipinski definition) is 0. The minimum Gasteiger partial charge on any atom is -0.496 e. The van der Waals surface area contributed by atoms with E-state index in [1.54, 1.807) is 7.11 Å². The Hall–Kier alpha value is -2.29. The number of hydrogen-bond acceptors (Lipinski definition) is 3. The number of fused-ring (bicyclic) bond motifs is 5. The van der Waals surface area contributed by atoms with Crippen LogP contribution in [-0.2, 0) is 11.2 Å². The number of ether oxygens (including phenoxy) is 2. The Morgan fingerprint density at radius 2 is 1.83 bits per heavy atom. The van der Waals surface area contributed by atoms with Gasteiger partial charge in [0.15, 0.2) is 0 Å². The SMILES string of the molecule is COc1cccc2c1CCC1C2CCC2C[C@H](OC(=O)c3ccccc3)CCC21C. The maximum Gasteiger partial charge on any atom is 0.338 e. The van der Waals surface area contributed by atoms with Crippen molar-refractivity contribution in [3.63, 3.8) is 0 Å². The van der Waals surface area contributed by atoms with E-state index in [-0.39, 0.29) is 12.1 Å². The summed E-state index contributed by atoms with van der Waals surface area (Å²) in [4.78, 5) is 12.5. The number of rotatable bonds is 3. The van der Waals surface area contributed by atoms with Gasteiger partial charge in [0.1, 0.15) is 11.9 Å². The second kappa shape index (κ2) is 7.76. The van der Waals surface area contributed by atoms with E-state index < -0.39 is 0 Å². The number of carbonyl (C=O) groups excluding carboxylic acids is 1. The summed E-state index contributed by atoms with van der Waals surface area (Å²) in [5.41, 5.74) is 3.98. The molecule has 2 aromatic carbocycles. The van der Waals surface area contributed by atoms with Crippen LogP contribution in [0, 0.1) is 17.3 Å². The lowest BCUT2D eigenvalue weighted by molar-refractivity contribution is -0.0682. The van der Waals surface area contributed by atoms with Gasteiger partial charge in [-0.15, -0.1) is 0 Å². The predicted molar refractivity (Wildman–Crippen MR) is 118 cm³/mol. The molecule has 2 aromatic rings. The molecule has 3 heteroatoms. The van der Waals surface area contributed by atoms with Crippen molar-refractivity contribution < 1.29 is 14.3 Å². The molecule has 0 amide bonds. The molecule has 0 aromatic heterocycles. The van der Waals surface area contributed by atoms with Crippen LogP contribution in [0.25, 0.3) is 0 Å². The van der Waals surface area contributed by atoms with Gasteiger partial charge in [0.05, 0.1) is 12.7 Å². The number of esters is 1. The summed E-state index contributed by atoms with van der Waals surface area (Å²) in [5.74, 6) is 2.91.